The van der Waals surface area contributed by atoms with Gasteiger partial charge in [-0.2, -0.15) is 0 Å². The van der Waals surface area contributed by atoms with E-state index in [1.54, 1.807) is 36.3 Å². The van der Waals surface area contributed by atoms with Gasteiger partial charge in [-0.3, -0.25) is 14.4 Å². The number of amides is 2. The zero-order chi connectivity index (χ0) is 22.2. The minimum Gasteiger partial charge on any atom is -0.497 e. The molecular formula is C24H28N2O5. The van der Waals surface area contributed by atoms with E-state index in [1.165, 1.54) is 5.56 Å². The maximum atomic E-state index is 12.4. The predicted octanol–water partition coefficient (Wildman–Crippen LogP) is 3.57. The normalized spacial score (nSPS) is 15.6. The second kappa shape index (κ2) is 10.6. The molecule has 1 aliphatic rings. The molecule has 0 aliphatic carbocycles. The van der Waals surface area contributed by atoms with Gasteiger partial charge in [0.15, 0.2) is 6.61 Å². The van der Waals surface area contributed by atoms with Crippen LogP contribution in [0.5, 0.6) is 5.75 Å². The van der Waals surface area contributed by atoms with Gasteiger partial charge >= 0.3 is 5.97 Å². The Bertz CT molecular complexity index is 909. The third-order valence-corrected chi connectivity index (χ3v) is 5.24. The van der Waals surface area contributed by atoms with Gasteiger partial charge in [0.05, 0.1) is 13.0 Å². The molecule has 0 unspecified atom stereocenters. The lowest BCUT2D eigenvalue weighted by atomic mass is 10.1. The summed E-state index contributed by atoms with van der Waals surface area (Å²) in [6.45, 7) is 2.01. The van der Waals surface area contributed by atoms with Crippen molar-refractivity contribution >= 4 is 29.2 Å². The Kier molecular flexibility index (Phi) is 7.65. The van der Waals surface area contributed by atoms with Gasteiger partial charge in [0.25, 0.3) is 5.91 Å². The average Bonchev–Trinajstić information content (AvgIpc) is 3.18. The fraction of sp³-hybridized carbons (Fsp3) is 0.375. The third kappa shape index (κ3) is 6.07. The predicted molar refractivity (Wildman–Crippen MR) is 118 cm³/mol. The number of rotatable bonds is 9. The second-order valence-corrected chi connectivity index (χ2v) is 7.56. The van der Waals surface area contributed by atoms with E-state index in [2.05, 4.69) is 12.2 Å². The number of benzene rings is 2. The van der Waals surface area contributed by atoms with Crippen LogP contribution in [0.25, 0.3) is 0 Å². The highest BCUT2D eigenvalue weighted by atomic mass is 16.5. The van der Waals surface area contributed by atoms with E-state index in [9.17, 15) is 14.4 Å². The maximum absolute atomic E-state index is 12.4. The van der Waals surface area contributed by atoms with E-state index in [1.807, 2.05) is 24.3 Å². The number of carbonyl (C=O) groups is 3. The highest BCUT2D eigenvalue weighted by Gasteiger charge is 2.36. The zero-order valence-corrected chi connectivity index (χ0v) is 17.9. The first-order valence-electron chi connectivity index (χ1n) is 10.5. The fourth-order valence-electron chi connectivity index (χ4n) is 3.46. The van der Waals surface area contributed by atoms with Gasteiger partial charge in [0, 0.05) is 24.3 Å². The molecule has 0 spiro atoms. The van der Waals surface area contributed by atoms with E-state index in [-0.39, 0.29) is 18.9 Å². The van der Waals surface area contributed by atoms with E-state index in [0.29, 0.717) is 11.4 Å². The van der Waals surface area contributed by atoms with Crippen molar-refractivity contribution in [3.8, 4) is 5.75 Å². The molecule has 164 valence electrons. The Morgan fingerprint density at radius 2 is 1.81 bits per heavy atom. The van der Waals surface area contributed by atoms with Crippen LogP contribution in [0.4, 0.5) is 11.4 Å². The summed E-state index contributed by atoms with van der Waals surface area (Å²) in [5.74, 6) is -1.01. The minimum absolute atomic E-state index is 0.0799. The number of esters is 1. The topological polar surface area (TPSA) is 84.9 Å². The first-order valence-corrected chi connectivity index (χ1v) is 10.5. The molecule has 1 fully saturated rings. The van der Waals surface area contributed by atoms with Crippen molar-refractivity contribution in [2.75, 3.05) is 30.5 Å². The van der Waals surface area contributed by atoms with Gasteiger partial charge in [-0.25, -0.2) is 0 Å². The average molecular weight is 424 g/mol. The van der Waals surface area contributed by atoms with Crippen LogP contribution in [0.3, 0.4) is 0 Å². The SMILES string of the molecule is CCCCc1ccc(N2C[C@H](C(=O)OCC(=O)Nc3ccc(OC)cc3)CC2=O)cc1. The quantitative estimate of drug-likeness (QED) is 0.622. The summed E-state index contributed by atoms with van der Waals surface area (Å²) in [4.78, 5) is 38.4. The smallest absolute Gasteiger partial charge is 0.311 e. The Labute approximate surface area is 182 Å². The second-order valence-electron chi connectivity index (χ2n) is 7.56. The van der Waals surface area contributed by atoms with Crippen molar-refractivity contribution in [3.05, 3.63) is 54.1 Å². The van der Waals surface area contributed by atoms with Crippen LogP contribution in [0.1, 0.15) is 31.7 Å². The van der Waals surface area contributed by atoms with Gasteiger partial charge in [-0.1, -0.05) is 25.5 Å². The standard InChI is InChI=1S/C24H28N2O5/c1-3-4-5-17-6-10-20(11-7-17)26-15-18(14-23(26)28)24(29)31-16-22(27)25-19-8-12-21(30-2)13-9-19/h6-13,18H,3-5,14-16H2,1-2H3,(H,25,27)/t18-/m1/s1. The van der Waals surface area contributed by atoms with Gasteiger partial charge < -0.3 is 19.7 Å². The summed E-state index contributed by atoms with van der Waals surface area (Å²) in [7, 11) is 1.56. The Morgan fingerprint density at radius 1 is 1.10 bits per heavy atom. The van der Waals surface area contributed by atoms with Crippen LogP contribution in [0, 0.1) is 5.92 Å². The lowest BCUT2D eigenvalue weighted by Gasteiger charge is -2.17. The number of anilines is 2. The van der Waals surface area contributed by atoms with Crippen LogP contribution in [0.2, 0.25) is 0 Å². The van der Waals surface area contributed by atoms with Crippen molar-refractivity contribution < 1.29 is 23.9 Å². The maximum Gasteiger partial charge on any atom is 0.311 e. The number of ether oxygens (including phenoxy) is 2. The first-order chi connectivity index (χ1) is 15.0. The molecule has 1 saturated heterocycles. The number of unbranched alkanes of at least 4 members (excludes halogenated alkanes) is 1. The van der Waals surface area contributed by atoms with Crippen molar-refractivity contribution in [3.63, 3.8) is 0 Å². The van der Waals surface area contributed by atoms with E-state index < -0.39 is 24.4 Å². The van der Waals surface area contributed by atoms with E-state index in [4.69, 9.17) is 9.47 Å². The molecule has 2 aromatic carbocycles. The zero-order valence-electron chi connectivity index (χ0n) is 17.9. The monoisotopic (exact) mass is 424 g/mol. The van der Waals surface area contributed by atoms with Crippen LogP contribution in [-0.2, 0) is 25.5 Å². The molecule has 0 bridgehead atoms. The molecule has 7 heteroatoms. The molecule has 1 atom stereocenters. The van der Waals surface area contributed by atoms with E-state index >= 15 is 0 Å². The fourth-order valence-corrected chi connectivity index (χ4v) is 3.46. The van der Waals surface area contributed by atoms with Crippen LogP contribution in [0.15, 0.2) is 48.5 Å². The molecule has 2 aromatic rings. The largest absolute Gasteiger partial charge is 0.497 e. The van der Waals surface area contributed by atoms with Gasteiger partial charge in [0.1, 0.15) is 5.75 Å². The number of hydrogen-bond acceptors (Lipinski definition) is 5. The van der Waals surface area contributed by atoms with Crippen LogP contribution in [-0.4, -0.2) is 38.0 Å². The molecule has 1 heterocycles. The Morgan fingerprint density at radius 3 is 2.45 bits per heavy atom. The Hall–Kier alpha value is -3.35. The number of carbonyl (C=O) groups excluding carboxylic acids is 3. The summed E-state index contributed by atoms with van der Waals surface area (Å²) >= 11 is 0. The van der Waals surface area contributed by atoms with Crippen LogP contribution < -0.4 is 15.0 Å². The highest BCUT2D eigenvalue weighted by molar-refractivity contribution is 6.00. The van der Waals surface area contributed by atoms with E-state index in [0.717, 1.165) is 24.9 Å². The number of hydrogen-bond donors (Lipinski definition) is 1. The summed E-state index contributed by atoms with van der Waals surface area (Å²) in [6, 6.07) is 14.7. The molecule has 0 saturated carbocycles. The molecule has 7 nitrogen and oxygen atoms in total. The van der Waals surface area contributed by atoms with Gasteiger partial charge in [-0.05, 0) is 54.8 Å². The van der Waals surface area contributed by atoms with Crippen LogP contribution >= 0.6 is 0 Å². The summed E-state index contributed by atoms with van der Waals surface area (Å²) < 4.78 is 10.2. The van der Waals surface area contributed by atoms with Gasteiger partial charge in [-0.15, -0.1) is 0 Å². The van der Waals surface area contributed by atoms with Crippen molar-refractivity contribution in [1.82, 2.24) is 0 Å². The number of nitrogens with one attached hydrogen (secondary N) is 1. The highest BCUT2D eigenvalue weighted by Crippen LogP contribution is 2.26. The van der Waals surface area contributed by atoms with Crippen molar-refractivity contribution in [1.29, 1.82) is 0 Å². The molecule has 31 heavy (non-hydrogen) atoms. The number of nitrogens with zero attached hydrogens (tertiary/aromatic N) is 1. The molecule has 3 rings (SSSR count). The molecule has 1 N–H and O–H groups in total. The van der Waals surface area contributed by atoms with Gasteiger partial charge in [0.2, 0.25) is 5.91 Å². The summed E-state index contributed by atoms with van der Waals surface area (Å²) in [5, 5.41) is 2.65. The van der Waals surface area contributed by atoms with Crippen molar-refractivity contribution in [2.45, 2.75) is 32.6 Å². The molecule has 0 aromatic heterocycles. The molecule has 0 radical (unpaired) electrons. The van der Waals surface area contributed by atoms with Crippen molar-refractivity contribution in [2.24, 2.45) is 5.92 Å². The first kappa shape index (κ1) is 22.3. The third-order valence-electron chi connectivity index (χ3n) is 5.24. The number of aryl methyl sites for hydroxylation is 1. The molecule has 2 amide bonds. The molecular weight excluding hydrogens is 396 g/mol. The minimum atomic E-state index is -0.582. The summed E-state index contributed by atoms with van der Waals surface area (Å²) in [6.07, 6.45) is 3.35. The molecule has 1 aliphatic heterocycles. The lowest BCUT2D eigenvalue weighted by molar-refractivity contribution is -0.151. The summed E-state index contributed by atoms with van der Waals surface area (Å²) in [5.41, 5.74) is 2.58. The lowest BCUT2D eigenvalue weighted by Crippen LogP contribution is -2.28. The Balaban J connectivity index is 1.48. The number of methoxy groups -OCH3 is 1.